The molecule has 60 heavy (non-hydrogen) atoms. The molecule has 11 rings (SSSR count). The molecule has 1 aliphatic carbocycles. The van der Waals surface area contributed by atoms with Gasteiger partial charge in [0, 0.05) is 37.8 Å². The summed E-state index contributed by atoms with van der Waals surface area (Å²) in [6.45, 7) is 4.82. The SMILES string of the molecule is CC1(C)c2cc(N(c3ccc(C=Cc4ccccc4)cc3)c3ccc4ccccc4c3)ccc2-c2c1ccc1c2Sc2ccccc2C1(c1ccccc1)c1ccccc1. The molecule has 1 heterocycles. The zero-order valence-electron chi connectivity index (χ0n) is 33.7. The first-order valence-electron chi connectivity index (χ1n) is 20.8. The molecule has 9 aromatic carbocycles. The fourth-order valence-corrected chi connectivity index (χ4v) is 11.2. The molecule has 0 aromatic heterocycles. The normalized spacial score (nSPS) is 14.3. The van der Waals surface area contributed by atoms with Crippen molar-refractivity contribution in [3.05, 3.63) is 257 Å². The molecule has 0 saturated carbocycles. The highest BCUT2D eigenvalue weighted by atomic mass is 32.2. The van der Waals surface area contributed by atoms with Crippen LogP contribution in [0.2, 0.25) is 0 Å². The minimum atomic E-state index is -0.475. The Hall–Kier alpha value is -6.87. The van der Waals surface area contributed by atoms with E-state index in [1.54, 1.807) is 0 Å². The van der Waals surface area contributed by atoms with Crippen LogP contribution in [-0.2, 0) is 10.8 Å². The van der Waals surface area contributed by atoms with Crippen LogP contribution in [-0.4, -0.2) is 0 Å². The zero-order valence-corrected chi connectivity index (χ0v) is 34.5. The minimum Gasteiger partial charge on any atom is -0.310 e. The molecule has 0 N–H and O–H groups in total. The molecule has 2 aliphatic rings. The molecule has 286 valence electrons. The van der Waals surface area contributed by atoms with E-state index in [1.807, 2.05) is 11.8 Å². The van der Waals surface area contributed by atoms with Crippen LogP contribution in [0.15, 0.2) is 222 Å². The largest absolute Gasteiger partial charge is 0.310 e. The molecule has 1 aliphatic heterocycles. The molecule has 0 radical (unpaired) electrons. The maximum Gasteiger partial charge on any atom is 0.0723 e. The second kappa shape index (κ2) is 14.4. The van der Waals surface area contributed by atoms with Crippen LogP contribution in [0.25, 0.3) is 34.1 Å². The van der Waals surface area contributed by atoms with Crippen molar-refractivity contribution in [3.63, 3.8) is 0 Å². The molecule has 9 aromatic rings. The molecule has 0 atom stereocenters. The van der Waals surface area contributed by atoms with Crippen molar-refractivity contribution in [2.75, 3.05) is 4.90 Å². The van der Waals surface area contributed by atoms with Gasteiger partial charge in [0.1, 0.15) is 0 Å². The predicted molar refractivity (Wildman–Crippen MR) is 254 cm³/mol. The van der Waals surface area contributed by atoms with E-state index in [1.165, 1.54) is 70.6 Å². The summed E-state index contributed by atoms with van der Waals surface area (Å²) < 4.78 is 0. The van der Waals surface area contributed by atoms with Crippen molar-refractivity contribution in [2.24, 2.45) is 0 Å². The van der Waals surface area contributed by atoms with Crippen molar-refractivity contribution in [1.29, 1.82) is 0 Å². The van der Waals surface area contributed by atoms with E-state index in [0.29, 0.717) is 0 Å². The Bertz CT molecular complexity index is 3030. The van der Waals surface area contributed by atoms with Gasteiger partial charge in [-0.3, -0.25) is 0 Å². The van der Waals surface area contributed by atoms with Crippen molar-refractivity contribution >= 4 is 51.7 Å². The second-order valence-corrected chi connectivity index (χ2v) is 17.6. The van der Waals surface area contributed by atoms with Crippen molar-refractivity contribution in [1.82, 2.24) is 0 Å². The Labute approximate surface area is 357 Å². The van der Waals surface area contributed by atoms with Crippen LogP contribution in [0.4, 0.5) is 17.1 Å². The lowest BCUT2D eigenvalue weighted by Crippen LogP contribution is -2.34. The molecule has 0 amide bonds. The van der Waals surface area contributed by atoms with E-state index in [2.05, 4.69) is 243 Å². The zero-order chi connectivity index (χ0) is 40.3. The minimum absolute atomic E-state index is 0.226. The van der Waals surface area contributed by atoms with Crippen LogP contribution < -0.4 is 4.90 Å². The summed E-state index contributed by atoms with van der Waals surface area (Å²) in [5.74, 6) is 0. The second-order valence-electron chi connectivity index (χ2n) is 16.5. The highest BCUT2D eigenvalue weighted by Gasteiger charge is 2.47. The van der Waals surface area contributed by atoms with Crippen LogP contribution in [0.1, 0.15) is 58.4 Å². The van der Waals surface area contributed by atoms with Gasteiger partial charge in [-0.25, -0.2) is 0 Å². The Morgan fingerprint density at radius 2 is 0.967 bits per heavy atom. The van der Waals surface area contributed by atoms with Gasteiger partial charge in [-0.2, -0.15) is 0 Å². The molecule has 0 bridgehead atoms. The quantitative estimate of drug-likeness (QED) is 0.148. The number of benzene rings is 9. The molecule has 0 unspecified atom stereocenters. The molecule has 0 spiro atoms. The summed E-state index contributed by atoms with van der Waals surface area (Å²) in [6, 6.07) is 78.3. The molecular weight excluding hydrogens is 743 g/mol. The summed E-state index contributed by atoms with van der Waals surface area (Å²) >= 11 is 1.94. The summed E-state index contributed by atoms with van der Waals surface area (Å²) in [7, 11) is 0. The van der Waals surface area contributed by atoms with Crippen LogP contribution >= 0.6 is 11.8 Å². The smallest absolute Gasteiger partial charge is 0.0723 e. The van der Waals surface area contributed by atoms with Gasteiger partial charge >= 0.3 is 0 Å². The number of anilines is 3. The van der Waals surface area contributed by atoms with E-state index >= 15 is 0 Å². The first-order chi connectivity index (χ1) is 29.5. The summed E-state index contributed by atoms with van der Waals surface area (Å²) in [4.78, 5) is 5.08. The van der Waals surface area contributed by atoms with E-state index in [4.69, 9.17) is 0 Å². The lowest BCUT2D eigenvalue weighted by atomic mass is 9.64. The summed E-state index contributed by atoms with van der Waals surface area (Å²) in [6.07, 6.45) is 4.37. The standard InChI is InChI=1S/C58H43NS/c1-57(2)51-36-37-52-56(60-54-25-15-14-24-50(54)58(52,44-20-8-4-9-21-44)45-22-10-5-11-23-45)55(51)49-35-34-48(39-53(49)57)59(47-33-30-42-18-12-13-19-43(42)38-47)46-31-28-41(29-32-46)27-26-40-16-6-3-7-17-40/h3-39H,1-2H3. The lowest BCUT2D eigenvalue weighted by Gasteiger charge is -2.42. The van der Waals surface area contributed by atoms with Gasteiger partial charge in [-0.15, -0.1) is 0 Å². The average Bonchev–Trinajstić information content (AvgIpc) is 3.54. The maximum atomic E-state index is 2.46. The molecule has 0 saturated heterocycles. The van der Waals surface area contributed by atoms with Gasteiger partial charge in [0.2, 0.25) is 0 Å². The summed E-state index contributed by atoms with van der Waals surface area (Å²) in [5.41, 5.74) is 15.7. The number of hydrogen-bond acceptors (Lipinski definition) is 2. The maximum absolute atomic E-state index is 2.46. The van der Waals surface area contributed by atoms with E-state index < -0.39 is 5.41 Å². The highest BCUT2D eigenvalue weighted by Crippen LogP contribution is 2.62. The lowest BCUT2D eigenvalue weighted by molar-refractivity contribution is 0.655. The third-order valence-corrected chi connectivity index (χ3v) is 14.0. The van der Waals surface area contributed by atoms with Crippen molar-refractivity contribution in [3.8, 4) is 11.1 Å². The van der Waals surface area contributed by atoms with Crippen molar-refractivity contribution < 1.29 is 0 Å². The van der Waals surface area contributed by atoms with Crippen molar-refractivity contribution in [2.45, 2.75) is 34.5 Å². The monoisotopic (exact) mass is 785 g/mol. The van der Waals surface area contributed by atoms with Crippen LogP contribution in [0, 0.1) is 0 Å². The molecule has 0 fully saturated rings. The number of fused-ring (bicyclic) bond motifs is 7. The Morgan fingerprint density at radius 3 is 1.68 bits per heavy atom. The Balaban J connectivity index is 1.08. The van der Waals surface area contributed by atoms with Gasteiger partial charge in [0.15, 0.2) is 0 Å². The molecular formula is C58H43NS. The third kappa shape index (κ3) is 5.78. The van der Waals surface area contributed by atoms with E-state index in [9.17, 15) is 0 Å². The fraction of sp³-hybridized carbons (Fsp3) is 0.0690. The number of hydrogen-bond donors (Lipinski definition) is 0. The van der Waals surface area contributed by atoms with Crippen LogP contribution in [0.3, 0.4) is 0 Å². The third-order valence-electron chi connectivity index (χ3n) is 12.8. The van der Waals surface area contributed by atoms with Gasteiger partial charge < -0.3 is 4.90 Å². The van der Waals surface area contributed by atoms with E-state index in [-0.39, 0.29) is 5.41 Å². The predicted octanol–water partition coefficient (Wildman–Crippen LogP) is 15.6. The van der Waals surface area contributed by atoms with Gasteiger partial charge in [0.25, 0.3) is 0 Å². The van der Waals surface area contributed by atoms with Gasteiger partial charge in [-0.1, -0.05) is 208 Å². The number of rotatable bonds is 7. The average molecular weight is 786 g/mol. The highest BCUT2D eigenvalue weighted by molar-refractivity contribution is 7.99. The number of nitrogens with zero attached hydrogens (tertiary/aromatic N) is 1. The Morgan fingerprint density at radius 1 is 0.417 bits per heavy atom. The van der Waals surface area contributed by atoms with Gasteiger partial charge in [-0.05, 0) is 103 Å². The van der Waals surface area contributed by atoms with E-state index in [0.717, 1.165) is 22.6 Å². The summed E-state index contributed by atoms with van der Waals surface area (Å²) in [5, 5.41) is 2.46. The molecule has 2 heteroatoms. The van der Waals surface area contributed by atoms with Crippen LogP contribution in [0.5, 0.6) is 0 Å². The van der Waals surface area contributed by atoms with Gasteiger partial charge in [0.05, 0.1) is 5.41 Å². The topological polar surface area (TPSA) is 3.24 Å². The first-order valence-corrected chi connectivity index (χ1v) is 21.7. The Kier molecular flexibility index (Phi) is 8.72. The fourth-order valence-electron chi connectivity index (χ4n) is 9.86. The first kappa shape index (κ1) is 36.2. The molecule has 1 nitrogen and oxygen atoms in total.